The molecule has 1 N–H and O–H groups in total. The molecule has 0 aromatic heterocycles. The maximum Gasteiger partial charge on any atom is 0.256 e. The van der Waals surface area contributed by atoms with Gasteiger partial charge in [0, 0.05) is 15.3 Å². The van der Waals surface area contributed by atoms with Gasteiger partial charge in [0.1, 0.15) is 0 Å². The van der Waals surface area contributed by atoms with Crippen LogP contribution in [0.15, 0.2) is 36.4 Å². The largest absolute Gasteiger partial charge is 0.322 e. The zero-order chi connectivity index (χ0) is 14.0. The molecule has 2 nitrogen and oxygen atoms in total. The molecule has 0 saturated carbocycles. The summed E-state index contributed by atoms with van der Waals surface area (Å²) >= 11 is 2.06. The summed E-state index contributed by atoms with van der Waals surface area (Å²) in [5.74, 6) is -2.28. The van der Waals surface area contributed by atoms with Gasteiger partial charge in [0.15, 0.2) is 11.6 Å². The van der Waals surface area contributed by atoms with E-state index in [2.05, 4.69) is 27.9 Å². The normalized spacial score (nSPS) is 10.3. The number of halogens is 3. The van der Waals surface area contributed by atoms with Crippen molar-refractivity contribution in [3.8, 4) is 0 Å². The van der Waals surface area contributed by atoms with Crippen LogP contribution in [0.4, 0.5) is 14.5 Å². The third kappa shape index (κ3) is 3.28. The summed E-state index contributed by atoms with van der Waals surface area (Å²) < 4.78 is 26.6. The number of hydrogen-bond donors (Lipinski definition) is 1. The summed E-state index contributed by atoms with van der Waals surface area (Å²) in [5, 5.41) is 2.54. The lowest BCUT2D eigenvalue weighted by atomic mass is 10.1. The maximum atomic E-state index is 13.0. The fourth-order valence-electron chi connectivity index (χ4n) is 1.58. The number of aryl methyl sites for hydroxylation is 1. The first-order valence-corrected chi connectivity index (χ1v) is 6.58. The number of rotatable bonds is 2. The van der Waals surface area contributed by atoms with Crippen LogP contribution < -0.4 is 5.32 Å². The van der Waals surface area contributed by atoms with Crippen molar-refractivity contribution in [1.82, 2.24) is 0 Å². The Labute approximate surface area is 123 Å². The second kappa shape index (κ2) is 5.64. The molecule has 0 saturated heterocycles. The molecule has 5 heteroatoms. The van der Waals surface area contributed by atoms with E-state index in [0.717, 1.165) is 21.3 Å². The highest BCUT2D eigenvalue weighted by Crippen LogP contribution is 2.18. The fraction of sp³-hybridized carbons (Fsp3) is 0.0714. The van der Waals surface area contributed by atoms with Crippen molar-refractivity contribution in [2.24, 2.45) is 0 Å². The lowest BCUT2D eigenvalue weighted by molar-refractivity contribution is 0.102. The zero-order valence-electron chi connectivity index (χ0n) is 10.0. The van der Waals surface area contributed by atoms with Crippen LogP contribution in [0.1, 0.15) is 15.9 Å². The Morgan fingerprint density at radius 1 is 1.11 bits per heavy atom. The van der Waals surface area contributed by atoms with Gasteiger partial charge in [-0.05, 0) is 53.8 Å². The van der Waals surface area contributed by atoms with Crippen LogP contribution in [-0.4, -0.2) is 5.91 Å². The molecule has 0 aliphatic heterocycles. The fourth-order valence-corrected chi connectivity index (χ4v) is 2.49. The van der Waals surface area contributed by atoms with Gasteiger partial charge in [0.25, 0.3) is 5.91 Å². The summed E-state index contributed by atoms with van der Waals surface area (Å²) in [5.41, 5.74) is 1.77. The van der Waals surface area contributed by atoms with E-state index in [9.17, 15) is 13.6 Å². The quantitative estimate of drug-likeness (QED) is 0.789. The van der Waals surface area contributed by atoms with Gasteiger partial charge in [-0.2, -0.15) is 0 Å². The molecule has 0 spiro atoms. The van der Waals surface area contributed by atoms with Crippen LogP contribution >= 0.6 is 22.6 Å². The maximum absolute atomic E-state index is 13.0. The molecule has 2 aromatic rings. The van der Waals surface area contributed by atoms with Crippen molar-refractivity contribution in [2.45, 2.75) is 6.92 Å². The van der Waals surface area contributed by atoms with Gasteiger partial charge in [-0.15, -0.1) is 0 Å². The molecule has 0 radical (unpaired) electrons. The van der Waals surface area contributed by atoms with Crippen LogP contribution in [0.25, 0.3) is 0 Å². The highest BCUT2D eigenvalue weighted by molar-refractivity contribution is 14.1. The summed E-state index contributed by atoms with van der Waals surface area (Å²) in [7, 11) is 0. The predicted octanol–water partition coefficient (Wildman–Crippen LogP) is 4.13. The second-order valence-electron chi connectivity index (χ2n) is 4.07. The summed E-state index contributed by atoms with van der Waals surface area (Å²) in [6, 6.07) is 8.64. The molecule has 1 amide bonds. The topological polar surface area (TPSA) is 29.1 Å². The Kier molecular flexibility index (Phi) is 4.14. The zero-order valence-corrected chi connectivity index (χ0v) is 12.2. The number of carbonyl (C=O) groups is 1. The first kappa shape index (κ1) is 13.9. The number of nitrogens with one attached hydrogen (secondary N) is 1. The minimum atomic E-state index is -0.989. The number of anilines is 1. The van der Waals surface area contributed by atoms with E-state index in [-0.39, 0.29) is 11.6 Å². The molecule has 2 aromatic carbocycles. The number of amides is 1. The van der Waals surface area contributed by atoms with Gasteiger partial charge < -0.3 is 5.32 Å². The van der Waals surface area contributed by atoms with Crippen molar-refractivity contribution >= 4 is 34.2 Å². The molecule has 0 heterocycles. The minimum absolute atomic E-state index is 0.222. The molecule has 2 rings (SSSR count). The third-order valence-corrected chi connectivity index (χ3v) is 3.44. The van der Waals surface area contributed by atoms with Crippen molar-refractivity contribution in [3.05, 3.63) is 62.7 Å². The first-order valence-electron chi connectivity index (χ1n) is 5.50. The number of hydrogen-bond acceptors (Lipinski definition) is 1. The Hall–Kier alpha value is -1.50. The smallest absolute Gasteiger partial charge is 0.256 e. The third-order valence-electron chi connectivity index (χ3n) is 2.55. The van der Waals surface area contributed by atoms with E-state index in [1.807, 2.05) is 19.1 Å². The van der Waals surface area contributed by atoms with E-state index in [1.54, 1.807) is 6.07 Å². The highest BCUT2D eigenvalue weighted by atomic mass is 127. The van der Waals surface area contributed by atoms with E-state index in [0.29, 0.717) is 5.56 Å². The van der Waals surface area contributed by atoms with Gasteiger partial charge in [-0.1, -0.05) is 11.6 Å². The van der Waals surface area contributed by atoms with E-state index >= 15 is 0 Å². The van der Waals surface area contributed by atoms with Crippen molar-refractivity contribution in [3.63, 3.8) is 0 Å². The second-order valence-corrected chi connectivity index (χ2v) is 5.23. The molecule has 98 valence electrons. The Bertz CT molecular complexity index is 643. The van der Waals surface area contributed by atoms with Crippen molar-refractivity contribution in [1.29, 1.82) is 0 Å². The molecule has 0 unspecified atom stereocenters. The van der Waals surface area contributed by atoms with E-state index in [4.69, 9.17) is 0 Å². The Morgan fingerprint density at radius 3 is 2.47 bits per heavy atom. The lowest BCUT2D eigenvalue weighted by Gasteiger charge is -2.08. The van der Waals surface area contributed by atoms with Gasteiger partial charge >= 0.3 is 0 Å². The van der Waals surface area contributed by atoms with E-state index in [1.165, 1.54) is 6.07 Å². The molecule has 0 atom stereocenters. The molecule has 0 aliphatic rings. The van der Waals surface area contributed by atoms with Crippen molar-refractivity contribution < 1.29 is 13.6 Å². The van der Waals surface area contributed by atoms with Crippen LogP contribution in [0.5, 0.6) is 0 Å². The van der Waals surface area contributed by atoms with Crippen molar-refractivity contribution in [2.75, 3.05) is 5.32 Å². The summed E-state index contributed by atoms with van der Waals surface area (Å²) in [4.78, 5) is 12.0. The predicted molar refractivity (Wildman–Crippen MR) is 78.2 cm³/mol. The number of carbonyl (C=O) groups excluding carboxylic acids is 1. The molecular formula is C14H10F2INO. The molecule has 19 heavy (non-hydrogen) atoms. The Morgan fingerprint density at radius 2 is 1.84 bits per heavy atom. The minimum Gasteiger partial charge on any atom is -0.322 e. The van der Waals surface area contributed by atoms with Gasteiger partial charge in [0.2, 0.25) is 0 Å². The van der Waals surface area contributed by atoms with Gasteiger partial charge in [0.05, 0.1) is 5.56 Å². The standard InChI is InChI=1S/C14H10F2INO/c1-8-2-4-10(13(17)6-8)14(19)18-9-3-5-11(15)12(16)7-9/h2-7H,1H3,(H,18,19). The summed E-state index contributed by atoms with van der Waals surface area (Å²) in [6.45, 7) is 1.93. The molecular weight excluding hydrogens is 363 g/mol. The van der Waals surface area contributed by atoms with E-state index < -0.39 is 11.6 Å². The van der Waals surface area contributed by atoms with Crippen LogP contribution in [0.2, 0.25) is 0 Å². The highest BCUT2D eigenvalue weighted by Gasteiger charge is 2.11. The average Bonchev–Trinajstić information content (AvgIpc) is 2.33. The Balaban J connectivity index is 2.23. The number of benzene rings is 2. The van der Waals surface area contributed by atoms with Gasteiger partial charge in [-0.3, -0.25) is 4.79 Å². The first-order chi connectivity index (χ1) is 8.97. The monoisotopic (exact) mass is 373 g/mol. The molecule has 0 aliphatic carbocycles. The SMILES string of the molecule is Cc1ccc(C(=O)Nc2ccc(F)c(F)c2)c(I)c1. The molecule has 0 fully saturated rings. The van der Waals surface area contributed by atoms with Crippen LogP contribution in [-0.2, 0) is 0 Å². The average molecular weight is 373 g/mol. The molecule has 0 bridgehead atoms. The van der Waals surface area contributed by atoms with Crippen LogP contribution in [0.3, 0.4) is 0 Å². The van der Waals surface area contributed by atoms with Crippen LogP contribution in [0, 0.1) is 22.1 Å². The van der Waals surface area contributed by atoms with Gasteiger partial charge in [-0.25, -0.2) is 8.78 Å². The lowest BCUT2D eigenvalue weighted by Crippen LogP contribution is -2.13. The summed E-state index contributed by atoms with van der Waals surface area (Å²) in [6.07, 6.45) is 0.